The minimum absolute atomic E-state index is 0.218. The van der Waals surface area contributed by atoms with Crippen LogP contribution >= 0.6 is 11.6 Å². The van der Waals surface area contributed by atoms with Crippen LogP contribution in [0.15, 0.2) is 53.7 Å². The molecular formula is C15H13ClN2O3. The van der Waals surface area contributed by atoms with E-state index in [-0.39, 0.29) is 11.6 Å². The normalized spacial score (nSPS) is 19.5. The number of dihydropyridines is 1. The minimum Gasteiger partial charge on any atom is -0.478 e. The largest absolute Gasteiger partial charge is 0.478 e. The number of benzene rings is 1. The highest BCUT2D eigenvalue weighted by atomic mass is 35.5. The van der Waals surface area contributed by atoms with Crippen LogP contribution in [0.5, 0.6) is 5.75 Å². The Balaban J connectivity index is 1.82. The summed E-state index contributed by atoms with van der Waals surface area (Å²) < 4.78 is 5.73. The molecule has 3 N–H and O–H groups in total. The number of halogens is 1. The predicted molar refractivity (Wildman–Crippen MR) is 78.8 cm³/mol. The van der Waals surface area contributed by atoms with Gasteiger partial charge in [-0.3, -0.25) is 0 Å². The molecule has 0 radical (unpaired) electrons. The van der Waals surface area contributed by atoms with Gasteiger partial charge in [-0.25, -0.2) is 4.79 Å². The van der Waals surface area contributed by atoms with Gasteiger partial charge in [-0.2, -0.15) is 0 Å². The summed E-state index contributed by atoms with van der Waals surface area (Å²) in [5.41, 5.74) is 1.71. The molecular weight excluding hydrogens is 292 g/mol. The van der Waals surface area contributed by atoms with Gasteiger partial charge in [0.05, 0.1) is 17.3 Å². The van der Waals surface area contributed by atoms with Crippen molar-refractivity contribution in [1.82, 2.24) is 10.6 Å². The monoisotopic (exact) mass is 304 g/mol. The number of carbonyl (C=O) groups is 1. The summed E-state index contributed by atoms with van der Waals surface area (Å²) in [7, 11) is 0. The summed E-state index contributed by atoms with van der Waals surface area (Å²) >= 11 is 5.97. The molecule has 0 saturated heterocycles. The van der Waals surface area contributed by atoms with Gasteiger partial charge in [-0.15, -0.1) is 0 Å². The fourth-order valence-electron chi connectivity index (χ4n) is 2.23. The molecule has 1 unspecified atom stereocenters. The number of rotatable bonds is 3. The van der Waals surface area contributed by atoms with Crippen molar-refractivity contribution in [3.8, 4) is 5.75 Å². The van der Waals surface area contributed by atoms with Gasteiger partial charge in [0.15, 0.2) is 5.88 Å². The van der Waals surface area contributed by atoms with Crippen LogP contribution < -0.4 is 15.4 Å². The standard InChI is InChI=1S/C15H13ClN2O3/c1-8-6-9(2-3-11(8)16)21-13-7-12-14(18-13)10(15(19)20)4-5-17-12/h2-7,12,17-18H,1H3,(H,19,20). The second-order valence-corrected chi connectivity index (χ2v) is 5.19. The Kier molecular flexibility index (Phi) is 3.35. The van der Waals surface area contributed by atoms with E-state index < -0.39 is 5.97 Å². The van der Waals surface area contributed by atoms with Gasteiger partial charge in [0.25, 0.3) is 0 Å². The first-order valence-corrected chi connectivity index (χ1v) is 6.75. The van der Waals surface area contributed by atoms with Gasteiger partial charge in [0.2, 0.25) is 0 Å². The maximum absolute atomic E-state index is 11.2. The zero-order valence-corrected chi connectivity index (χ0v) is 11.9. The molecule has 108 valence electrons. The highest BCUT2D eigenvalue weighted by Gasteiger charge is 2.28. The van der Waals surface area contributed by atoms with E-state index in [1.165, 1.54) is 6.08 Å². The molecule has 6 heteroatoms. The molecule has 2 aliphatic heterocycles. The van der Waals surface area contributed by atoms with Gasteiger partial charge in [0.1, 0.15) is 5.75 Å². The second-order valence-electron chi connectivity index (χ2n) is 4.78. The zero-order valence-electron chi connectivity index (χ0n) is 11.2. The first kappa shape index (κ1) is 13.6. The van der Waals surface area contributed by atoms with E-state index in [0.717, 1.165) is 5.56 Å². The highest BCUT2D eigenvalue weighted by molar-refractivity contribution is 6.31. The number of nitrogens with one attached hydrogen (secondary N) is 2. The summed E-state index contributed by atoms with van der Waals surface area (Å²) in [6.07, 6.45) is 4.93. The Hall–Kier alpha value is -2.40. The number of carboxylic acids is 1. The van der Waals surface area contributed by atoms with E-state index in [9.17, 15) is 9.90 Å². The van der Waals surface area contributed by atoms with Crippen molar-refractivity contribution in [1.29, 1.82) is 0 Å². The molecule has 1 aromatic carbocycles. The van der Waals surface area contributed by atoms with Crippen molar-refractivity contribution in [2.45, 2.75) is 13.0 Å². The van der Waals surface area contributed by atoms with Crippen molar-refractivity contribution in [3.63, 3.8) is 0 Å². The first-order valence-electron chi connectivity index (χ1n) is 6.37. The van der Waals surface area contributed by atoms with Crippen LogP contribution in [0.2, 0.25) is 5.02 Å². The Morgan fingerprint density at radius 2 is 2.24 bits per heavy atom. The van der Waals surface area contributed by atoms with Gasteiger partial charge < -0.3 is 20.5 Å². The third kappa shape index (κ3) is 2.60. The molecule has 0 aliphatic carbocycles. The smallest absolute Gasteiger partial charge is 0.337 e. The van der Waals surface area contributed by atoms with Gasteiger partial charge in [0, 0.05) is 11.1 Å². The molecule has 0 spiro atoms. The molecule has 2 aliphatic rings. The topological polar surface area (TPSA) is 70.6 Å². The maximum Gasteiger partial charge on any atom is 0.337 e. The number of aryl methyl sites for hydroxylation is 1. The summed E-state index contributed by atoms with van der Waals surface area (Å²) in [4.78, 5) is 11.2. The number of carboxylic acid groups (broad SMARTS) is 1. The van der Waals surface area contributed by atoms with Gasteiger partial charge >= 0.3 is 5.97 Å². The summed E-state index contributed by atoms with van der Waals surface area (Å²) in [5, 5.41) is 15.9. The minimum atomic E-state index is -0.975. The van der Waals surface area contributed by atoms with E-state index in [1.54, 1.807) is 24.4 Å². The molecule has 0 aromatic heterocycles. The fourth-order valence-corrected chi connectivity index (χ4v) is 2.35. The van der Waals surface area contributed by atoms with E-state index in [0.29, 0.717) is 22.4 Å². The van der Waals surface area contributed by atoms with Crippen LogP contribution in [0.25, 0.3) is 0 Å². The van der Waals surface area contributed by atoms with Crippen LogP contribution in [0.4, 0.5) is 0 Å². The number of ether oxygens (including phenoxy) is 1. The van der Waals surface area contributed by atoms with Crippen molar-refractivity contribution in [2.24, 2.45) is 0 Å². The third-order valence-electron chi connectivity index (χ3n) is 3.29. The third-order valence-corrected chi connectivity index (χ3v) is 3.71. The van der Waals surface area contributed by atoms with Gasteiger partial charge in [-0.05, 0) is 43.0 Å². The fraction of sp³-hybridized carbons (Fsp3) is 0.133. The number of aliphatic carboxylic acids is 1. The van der Waals surface area contributed by atoms with Crippen LogP contribution in [-0.4, -0.2) is 17.1 Å². The maximum atomic E-state index is 11.2. The number of fused-ring (bicyclic) bond motifs is 1. The molecule has 1 atom stereocenters. The van der Waals surface area contributed by atoms with Gasteiger partial charge in [-0.1, -0.05) is 11.6 Å². The SMILES string of the molecule is Cc1cc(OC2=CC3NC=CC(C(=O)O)=C3N2)ccc1Cl. The second kappa shape index (κ2) is 5.18. The zero-order chi connectivity index (χ0) is 15.0. The summed E-state index contributed by atoms with van der Waals surface area (Å²) in [5.74, 6) is 0.156. The quantitative estimate of drug-likeness (QED) is 0.799. The van der Waals surface area contributed by atoms with E-state index >= 15 is 0 Å². The number of hydrogen-bond donors (Lipinski definition) is 3. The number of hydrogen-bond acceptors (Lipinski definition) is 4. The van der Waals surface area contributed by atoms with Crippen molar-refractivity contribution in [3.05, 3.63) is 64.3 Å². The van der Waals surface area contributed by atoms with Crippen LogP contribution in [0.3, 0.4) is 0 Å². The molecule has 0 amide bonds. The lowest BCUT2D eigenvalue weighted by atomic mass is 10.1. The average molecular weight is 305 g/mol. The van der Waals surface area contributed by atoms with Crippen molar-refractivity contribution in [2.75, 3.05) is 0 Å². The van der Waals surface area contributed by atoms with Crippen LogP contribution in [0, 0.1) is 6.92 Å². The van der Waals surface area contributed by atoms with Crippen molar-refractivity contribution >= 4 is 17.6 Å². The molecule has 5 nitrogen and oxygen atoms in total. The Morgan fingerprint density at radius 1 is 1.43 bits per heavy atom. The molecule has 3 rings (SSSR count). The predicted octanol–water partition coefficient (Wildman–Crippen LogP) is 2.30. The highest BCUT2D eigenvalue weighted by Crippen LogP contribution is 2.26. The Labute approximate surface area is 126 Å². The van der Waals surface area contributed by atoms with Crippen LogP contribution in [-0.2, 0) is 4.79 Å². The van der Waals surface area contributed by atoms with Crippen LogP contribution in [0.1, 0.15) is 5.56 Å². The lowest BCUT2D eigenvalue weighted by molar-refractivity contribution is -0.132. The first-order chi connectivity index (χ1) is 10.0. The summed E-state index contributed by atoms with van der Waals surface area (Å²) in [6.45, 7) is 1.89. The average Bonchev–Trinajstić information content (AvgIpc) is 2.84. The molecule has 0 bridgehead atoms. The van der Waals surface area contributed by atoms with Crippen molar-refractivity contribution < 1.29 is 14.6 Å². The molecule has 2 heterocycles. The molecule has 0 fully saturated rings. The van der Waals surface area contributed by atoms with E-state index in [4.69, 9.17) is 16.3 Å². The Bertz CT molecular complexity index is 707. The lowest BCUT2D eigenvalue weighted by Gasteiger charge is -2.17. The van der Waals surface area contributed by atoms with E-state index in [1.807, 2.05) is 13.0 Å². The molecule has 1 aromatic rings. The van der Waals surface area contributed by atoms with E-state index in [2.05, 4.69) is 10.6 Å². The Morgan fingerprint density at radius 3 is 2.95 bits per heavy atom. The lowest BCUT2D eigenvalue weighted by Crippen LogP contribution is -2.31. The molecule has 21 heavy (non-hydrogen) atoms. The summed E-state index contributed by atoms with van der Waals surface area (Å²) in [6, 6.07) is 5.13. The molecule has 0 saturated carbocycles.